The zero-order chi connectivity index (χ0) is 22.3. The molecule has 1 aliphatic carbocycles. The summed E-state index contributed by atoms with van der Waals surface area (Å²) in [5.74, 6) is -0.234. The molecule has 0 saturated heterocycles. The van der Waals surface area contributed by atoms with E-state index < -0.39 is 11.3 Å². The van der Waals surface area contributed by atoms with Crippen LogP contribution in [0.3, 0.4) is 0 Å². The van der Waals surface area contributed by atoms with Crippen molar-refractivity contribution in [1.29, 1.82) is 0 Å². The molecule has 1 fully saturated rings. The van der Waals surface area contributed by atoms with Gasteiger partial charge in [0.25, 0.3) is 5.91 Å². The van der Waals surface area contributed by atoms with Crippen molar-refractivity contribution in [3.05, 3.63) is 56.8 Å². The number of benzene rings is 1. The van der Waals surface area contributed by atoms with E-state index in [0.29, 0.717) is 18.8 Å². The lowest BCUT2D eigenvalue weighted by molar-refractivity contribution is 0.0660. The summed E-state index contributed by atoms with van der Waals surface area (Å²) < 4.78 is 1.80. The van der Waals surface area contributed by atoms with Crippen molar-refractivity contribution in [1.82, 2.24) is 14.5 Å². The molecular formula is C25H33N3O3. The number of carbonyl (C=O) groups is 1. The van der Waals surface area contributed by atoms with Gasteiger partial charge < -0.3 is 14.6 Å². The molecular weight excluding hydrogens is 390 g/mol. The monoisotopic (exact) mass is 423 g/mol. The van der Waals surface area contributed by atoms with Crippen LogP contribution in [-0.4, -0.2) is 38.6 Å². The Kier molecular flexibility index (Phi) is 5.67. The maximum absolute atomic E-state index is 12.9. The first kappa shape index (κ1) is 21.6. The molecule has 6 nitrogen and oxygen atoms in total. The summed E-state index contributed by atoms with van der Waals surface area (Å²) in [6.45, 7) is 6.84. The minimum absolute atomic E-state index is 0.0325. The lowest BCUT2D eigenvalue weighted by Crippen LogP contribution is -2.47. The van der Waals surface area contributed by atoms with E-state index in [1.807, 2.05) is 6.92 Å². The highest BCUT2D eigenvalue weighted by Crippen LogP contribution is 2.44. The number of aromatic hydroxyl groups is 1. The van der Waals surface area contributed by atoms with E-state index in [4.69, 9.17) is 0 Å². The Bertz CT molecular complexity index is 1070. The van der Waals surface area contributed by atoms with Crippen LogP contribution in [0, 0.1) is 6.92 Å². The number of fused-ring (bicyclic) bond motifs is 1. The number of nitrogens with zero attached hydrogens (tertiary/aromatic N) is 3. The van der Waals surface area contributed by atoms with Gasteiger partial charge in [0, 0.05) is 31.5 Å². The minimum Gasteiger partial charge on any atom is -0.501 e. The van der Waals surface area contributed by atoms with Gasteiger partial charge in [-0.15, -0.1) is 0 Å². The molecule has 166 valence electrons. The average molecular weight is 424 g/mol. The van der Waals surface area contributed by atoms with Gasteiger partial charge in [-0.3, -0.25) is 9.59 Å². The van der Waals surface area contributed by atoms with Crippen molar-refractivity contribution in [2.75, 3.05) is 7.05 Å². The Balaban J connectivity index is 1.87. The third-order valence-corrected chi connectivity index (χ3v) is 7.46. The number of hydrogen-bond donors (Lipinski definition) is 1. The van der Waals surface area contributed by atoms with Gasteiger partial charge in [-0.2, -0.15) is 4.98 Å². The highest BCUT2D eigenvalue weighted by Gasteiger charge is 2.39. The molecule has 31 heavy (non-hydrogen) atoms. The number of aryl methyl sites for hydroxylation is 2. The summed E-state index contributed by atoms with van der Waals surface area (Å²) in [6.07, 6.45) is 7.16. The first-order chi connectivity index (χ1) is 14.8. The van der Waals surface area contributed by atoms with Crippen LogP contribution in [0.2, 0.25) is 0 Å². The van der Waals surface area contributed by atoms with Crippen LogP contribution in [0.15, 0.2) is 23.0 Å². The molecule has 1 unspecified atom stereocenters. The van der Waals surface area contributed by atoms with Gasteiger partial charge in [0.15, 0.2) is 5.69 Å². The Hall–Kier alpha value is -2.63. The van der Waals surface area contributed by atoms with E-state index in [0.717, 1.165) is 32.1 Å². The molecule has 1 aromatic heterocycles. The van der Waals surface area contributed by atoms with Gasteiger partial charge in [-0.1, -0.05) is 44.4 Å². The molecule has 1 amide bonds. The fraction of sp³-hybridized carbons (Fsp3) is 0.560. The summed E-state index contributed by atoms with van der Waals surface area (Å²) in [5.41, 5.74) is 3.19. The molecule has 2 aliphatic rings. The van der Waals surface area contributed by atoms with Crippen molar-refractivity contribution in [3.63, 3.8) is 0 Å². The topological polar surface area (TPSA) is 75.4 Å². The molecule has 6 heteroatoms. The summed E-state index contributed by atoms with van der Waals surface area (Å²) in [4.78, 5) is 31.4. The fourth-order valence-corrected chi connectivity index (χ4v) is 5.42. The molecule has 0 bridgehead atoms. The number of carbonyl (C=O) groups excluding carboxylic acids is 1. The zero-order valence-corrected chi connectivity index (χ0v) is 19.1. The van der Waals surface area contributed by atoms with Crippen molar-refractivity contribution < 1.29 is 9.90 Å². The lowest BCUT2D eigenvalue weighted by Gasteiger charge is -2.41. The van der Waals surface area contributed by atoms with Crippen LogP contribution in [0.1, 0.15) is 79.0 Å². The largest absolute Gasteiger partial charge is 0.501 e. The summed E-state index contributed by atoms with van der Waals surface area (Å²) in [7, 11) is 1.71. The second kappa shape index (κ2) is 8.13. The van der Waals surface area contributed by atoms with E-state index in [2.05, 4.69) is 37.0 Å². The zero-order valence-electron chi connectivity index (χ0n) is 19.1. The predicted octanol–water partition coefficient (Wildman–Crippen LogP) is 3.74. The standard InChI is InChI=1S/C25H33N3O3/c1-5-18-10-9-16(2)19(13-18)25(11-7-6-8-12-25)14-20-26-23(30)22(29)21-24(31)27(4)17(3)15-28(20)21/h9-10,13,17,29H,5-8,11-12,14-15H2,1-4H3. The maximum atomic E-state index is 12.9. The predicted molar refractivity (Wildman–Crippen MR) is 121 cm³/mol. The van der Waals surface area contributed by atoms with Gasteiger partial charge in [0.2, 0.25) is 5.75 Å². The van der Waals surface area contributed by atoms with Crippen molar-refractivity contribution >= 4 is 5.91 Å². The molecule has 1 atom stereocenters. The summed E-state index contributed by atoms with van der Waals surface area (Å²) in [6, 6.07) is 6.70. The number of likely N-dealkylation sites (N-methyl/N-ethyl adjacent to an activating group) is 1. The van der Waals surface area contributed by atoms with Gasteiger partial charge >= 0.3 is 5.56 Å². The highest BCUT2D eigenvalue weighted by molar-refractivity contribution is 5.95. The quantitative estimate of drug-likeness (QED) is 0.813. The van der Waals surface area contributed by atoms with Crippen LogP contribution in [0.4, 0.5) is 0 Å². The minimum atomic E-state index is -0.706. The molecule has 1 aromatic carbocycles. The van der Waals surface area contributed by atoms with Crippen LogP contribution in [-0.2, 0) is 24.8 Å². The van der Waals surface area contributed by atoms with E-state index in [1.54, 1.807) is 16.5 Å². The Morgan fingerprint density at radius 1 is 1.19 bits per heavy atom. The molecule has 1 aliphatic heterocycles. The van der Waals surface area contributed by atoms with E-state index in [1.165, 1.54) is 23.1 Å². The lowest BCUT2D eigenvalue weighted by atomic mass is 9.65. The molecule has 2 heterocycles. The third-order valence-electron chi connectivity index (χ3n) is 7.46. The molecule has 1 N–H and O–H groups in total. The summed E-state index contributed by atoms with van der Waals surface area (Å²) in [5, 5.41) is 10.4. The van der Waals surface area contributed by atoms with Gasteiger partial charge in [0.1, 0.15) is 5.82 Å². The maximum Gasteiger partial charge on any atom is 0.315 e. The van der Waals surface area contributed by atoms with Crippen LogP contribution >= 0.6 is 0 Å². The first-order valence-corrected chi connectivity index (χ1v) is 11.5. The highest BCUT2D eigenvalue weighted by atomic mass is 16.3. The second-order valence-electron chi connectivity index (χ2n) is 9.43. The second-order valence-corrected chi connectivity index (χ2v) is 9.43. The van der Waals surface area contributed by atoms with Gasteiger partial charge in [0.05, 0.1) is 0 Å². The Morgan fingerprint density at radius 2 is 1.90 bits per heavy atom. The molecule has 2 aromatic rings. The van der Waals surface area contributed by atoms with Crippen LogP contribution in [0.5, 0.6) is 5.75 Å². The van der Waals surface area contributed by atoms with Gasteiger partial charge in [-0.25, -0.2) is 0 Å². The van der Waals surface area contributed by atoms with Crippen molar-refractivity contribution in [3.8, 4) is 5.75 Å². The Morgan fingerprint density at radius 3 is 2.58 bits per heavy atom. The smallest absolute Gasteiger partial charge is 0.315 e. The molecule has 0 radical (unpaired) electrons. The van der Waals surface area contributed by atoms with Crippen molar-refractivity contribution in [2.24, 2.45) is 0 Å². The average Bonchev–Trinajstić information content (AvgIpc) is 2.76. The van der Waals surface area contributed by atoms with E-state index in [9.17, 15) is 14.7 Å². The molecule has 0 spiro atoms. The molecule has 1 saturated carbocycles. The number of hydrogen-bond acceptors (Lipinski definition) is 4. The summed E-state index contributed by atoms with van der Waals surface area (Å²) >= 11 is 0. The Labute approximate surface area is 183 Å². The molecule has 4 rings (SSSR count). The number of rotatable bonds is 4. The van der Waals surface area contributed by atoms with Crippen molar-refractivity contribution in [2.45, 2.75) is 83.7 Å². The number of aromatic nitrogens is 2. The van der Waals surface area contributed by atoms with E-state index >= 15 is 0 Å². The third kappa shape index (κ3) is 3.66. The number of amides is 1. The van der Waals surface area contributed by atoms with Crippen LogP contribution < -0.4 is 5.56 Å². The first-order valence-electron chi connectivity index (χ1n) is 11.5. The van der Waals surface area contributed by atoms with Crippen LogP contribution in [0.25, 0.3) is 0 Å². The van der Waals surface area contributed by atoms with Gasteiger partial charge in [-0.05, 0) is 49.8 Å². The SMILES string of the molecule is CCc1ccc(C)c(C2(Cc3nc(=O)c(O)c4n3CC(C)N(C)C4=O)CCCCC2)c1. The fourth-order valence-electron chi connectivity index (χ4n) is 5.42. The normalized spacial score (nSPS) is 20.6. The van der Waals surface area contributed by atoms with E-state index in [-0.39, 0.29) is 23.1 Å².